The average Bonchev–Trinajstić information content (AvgIpc) is 3.21. The zero-order valence-electron chi connectivity index (χ0n) is 39.3. The Morgan fingerprint density at radius 3 is 1.74 bits per heavy atom. The molecule has 18 nitrogen and oxygen atoms in total. The van der Waals surface area contributed by atoms with Crippen LogP contribution in [0.25, 0.3) is 0 Å². The molecule has 3 rings (SSSR count). The molecule has 3 fully saturated rings. The number of hydrogen-bond acceptors (Lipinski definition) is 17. The van der Waals surface area contributed by atoms with E-state index in [-0.39, 0.29) is 37.5 Å². The summed E-state index contributed by atoms with van der Waals surface area (Å²) in [5, 5.41) is 129. The van der Waals surface area contributed by atoms with E-state index in [1.165, 1.54) is 6.92 Å². The molecule has 0 aromatic heterocycles. The quantitative estimate of drug-likeness (QED) is 0.181. The molecule has 382 valence electrons. The molecule has 12 N–H and O–H groups in total. The topological polar surface area (TPSA) is 314 Å². The van der Waals surface area contributed by atoms with E-state index in [0.717, 1.165) is 77.0 Å². The Hall–Kier alpha value is -1.62. The van der Waals surface area contributed by atoms with Crippen molar-refractivity contribution in [3.8, 4) is 0 Å². The van der Waals surface area contributed by atoms with E-state index >= 15 is 0 Å². The van der Waals surface area contributed by atoms with E-state index in [4.69, 9.17) is 18.9 Å². The Balaban J connectivity index is 1.71. The molecule has 0 aliphatic carbocycles. The predicted molar refractivity (Wildman–Crippen MR) is 236 cm³/mol. The lowest BCUT2D eigenvalue weighted by Gasteiger charge is -2.45. The monoisotopic (exact) mass is 939 g/mol. The van der Waals surface area contributed by atoms with Crippen molar-refractivity contribution in [3.05, 3.63) is 0 Å². The number of esters is 1. The number of aliphatic carboxylic acids is 1. The van der Waals surface area contributed by atoms with Crippen LogP contribution in [0.2, 0.25) is 0 Å². The van der Waals surface area contributed by atoms with Crippen LogP contribution in [-0.4, -0.2) is 171 Å². The van der Waals surface area contributed by atoms with E-state index in [1.54, 1.807) is 6.92 Å². The number of carboxylic acid groups (broad SMARTS) is 1. The van der Waals surface area contributed by atoms with Crippen LogP contribution in [0.5, 0.6) is 0 Å². The van der Waals surface area contributed by atoms with E-state index in [1.807, 2.05) is 13.8 Å². The highest BCUT2D eigenvalue weighted by molar-refractivity contribution is 5.71. The maximum Gasteiger partial charge on any atom is 0.311 e. The smallest absolute Gasteiger partial charge is 0.311 e. The van der Waals surface area contributed by atoms with Gasteiger partial charge in [0.1, 0.15) is 30.3 Å². The second kappa shape index (κ2) is 28.8. The van der Waals surface area contributed by atoms with Gasteiger partial charge in [0, 0.05) is 31.6 Å². The largest absolute Gasteiger partial charge is 0.481 e. The van der Waals surface area contributed by atoms with E-state index < -0.39 is 141 Å². The molecule has 3 aliphatic rings. The second-order valence-electron chi connectivity index (χ2n) is 19.8. The number of cyclic esters (lactones) is 1. The molecule has 19 atom stereocenters. The molecule has 3 saturated heterocycles. The fourth-order valence-corrected chi connectivity index (χ4v) is 9.66. The summed E-state index contributed by atoms with van der Waals surface area (Å²) in [5.41, 5.74) is 0. The van der Waals surface area contributed by atoms with Gasteiger partial charge in [-0.2, -0.15) is 0 Å². The third-order valence-electron chi connectivity index (χ3n) is 14.0. The van der Waals surface area contributed by atoms with Crippen LogP contribution in [0.4, 0.5) is 0 Å². The molecule has 2 bridgehead atoms. The third-order valence-corrected chi connectivity index (χ3v) is 14.0. The minimum Gasteiger partial charge on any atom is -0.481 e. The Kier molecular flexibility index (Phi) is 25.5. The van der Waals surface area contributed by atoms with Gasteiger partial charge in [-0.05, 0) is 51.9 Å². The lowest BCUT2D eigenvalue weighted by molar-refractivity contribution is -0.319. The molecule has 0 aromatic rings. The summed E-state index contributed by atoms with van der Waals surface area (Å²) in [5.74, 6) is -6.24. The standard InChI is InChI=1S/C47H86O18/c1-27-17-15-13-11-9-7-5-6-8-10-12-14-16-18-34(64-46-44(58)43(57)42(56)30(4)63-46)24-38-40(45(59)60)37(53)26-47(61,65-38)25-33(50)22-36(52)35(51)20-19-31(48)21-32(49)23-39(54)62-29(3)28(2)41(27)55/h27-38,40-44,46,48-53,55-58,61H,5-26H2,1-4H3,(H,59,60)/t27-,28-,29-,30+,31+,32+,33-,34-,35+,36+,37-,38?,40+,41+,42+,43-,44-,46-,47+/m0/s1. The summed E-state index contributed by atoms with van der Waals surface area (Å²) in [4.78, 5) is 25.2. The lowest BCUT2D eigenvalue weighted by Crippen LogP contribution is -2.58. The van der Waals surface area contributed by atoms with Crippen LogP contribution < -0.4 is 0 Å². The number of fused-ring (bicyclic) bond motifs is 2. The number of aliphatic hydroxyl groups is 11. The zero-order chi connectivity index (χ0) is 48.4. The molecule has 0 aromatic carbocycles. The highest BCUT2D eigenvalue weighted by Crippen LogP contribution is 2.39. The van der Waals surface area contributed by atoms with Crippen molar-refractivity contribution >= 4 is 11.9 Å². The van der Waals surface area contributed by atoms with Crippen molar-refractivity contribution in [2.75, 3.05) is 0 Å². The van der Waals surface area contributed by atoms with Gasteiger partial charge < -0.3 is 80.2 Å². The summed E-state index contributed by atoms with van der Waals surface area (Å²) < 4.78 is 23.4. The fraction of sp³-hybridized carbons (Fsp3) is 0.957. The minimum atomic E-state index is -2.28. The molecule has 3 heterocycles. The molecule has 0 saturated carbocycles. The van der Waals surface area contributed by atoms with Crippen molar-refractivity contribution in [2.45, 2.75) is 266 Å². The van der Waals surface area contributed by atoms with Crippen LogP contribution >= 0.6 is 0 Å². The molecular formula is C47H86O18. The van der Waals surface area contributed by atoms with Crippen molar-refractivity contribution < 1.29 is 89.8 Å². The second-order valence-corrected chi connectivity index (χ2v) is 19.8. The molecular weight excluding hydrogens is 852 g/mol. The molecule has 3 aliphatic heterocycles. The highest BCUT2D eigenvalue weighted by Gasteiger charge is 2.51. The average molecular weight is 939 g/mol. The van der Waals surface area contributed by atoms with Crippen molar-refractivity contribution in [1.29, 1.82) is 0 Å². The summed E-state index contributed by atoms with van der Waals surface area (Å²) in [6.45, 7) is 7.02. The minimum absolute atomic E-state index is 0.00385. The fourth-order valence-electron chi connectivity index (χ4n) is 9.66. The number of carbonyl (C=O) groups excluding carboxylic acids is 1. The maximum atomic E-state index is 12.7. The number of aliphatic hydroxyl groups excluding tert-OH is 10. The van der Waals surface area contributed by atoms with E-state index in [2.05, 4.69) is 0 Å². The first-order valence-electron chi connectivity index (χ1n) is 24.6. The van der Waals surface area contributed by atoms with Crippen LogP contribution in [0.1, 0.15) is 169 Å². The summed E-state index contributed by atoms with van der Waals surface area (Å²) >= 11 is 0. The molecule has 0 amide bonds. The number of carboxylic acids is 1. The van der Waals surface area contributed by atoms with Crippen molar-refractivity contribution in [1.82, 2.24) is 0 Å². The number of ether oxygens (including phenoxy) is 4. The van der Waals surface area contributed by atoms with Gasteiger partial charge in [0.05, 0.1) is 67.5 Å². The Bertz CT molecular complexity index is 1340. The van der Waals surface area contributed by atoms with Crippen LogP contribution in [0.3, 0.4) is 0 Å². The Morgan fingerprint density at radius 2 is 1.15 bits per heavy atom. The Labute approximate surface area is 385 Å². The first kappa shape index (κ1) is 57.7. The summed E-state index contributed by atoms with van der Waals surface area (Å²) in [6.07, 6.45) is -8.48. The summed E-state index contributed by atoms with van der Waals surface area (Å²) in [7, 11) is 0. The molecule has 0 spiro atoms. The maximum absolute atomic E-state index is 12.7. The van der Waals surface area contributed by atoms with Crippen LogP contribution in [0.15, 0.2) is 0 Å². The van der Waals surface area contributed by atoms with Gasteiger partial charge in [-0.15, -0.1) is 0 Å². The number of hydrogen-bond donors (Lipinski definition) is 12. The normalized spacial score (nSPS) is 43.8. The highest BCUT2D eigenvalue weighted by atomic mass is 16.7. The van der Waals surface area contributed by atoms with Gasteiger partial charge in [-0.1, -0.05) is 90.9 Å². The van der Waals surface area contributed by atoms with Gasteiger partial charge in [-0.3, -0.25) is 9.59 Å². The first-order chi connectivity index (χ1) is 30.6. The van der Waals surface area contributed by atoms with E-state index in [9.17, 15) is 70.9 Å². The molecule has 0 radical (unpaired) electrons. The van der Waals surface area contributed by atoms with Crippen molar-refractivity contribution in [2.24, 2.45) is 17.8 Å². The number of rotatable bonds is 3. The lowest BCUT2D eigenvalue weighted by atomic mass is 9.82. The molecule has 18 heteroatoms. The molecule has 65 heavy (non-hydrogen) atoms. The Morgan fingerprint density at radius 1 is 0.585 bits per heavy atom. The SMILES string of the molecule is C[C@@H]1[C@H](O)[C@@H](C)CCCCCCCCCCCCCC[C@H](O[C@@H]2O[C@H](C)[C@@H](O)[C@H](O)[C@@H]2O)CC2O[C@](O)(C[C@@H](O)C[C@@H](O)[C@H](O)CC[C@@H](O)C[C@@H](O)CC(=O)O[C@H]1C)C[C@H](O)[C@H]2C(=O)O. The van der Waals surface area contributed by atoms with Gasteiger partial charge in [-0.25, -0.2) is 0 Å². The summed E-state index contributed by atoms with van der Waals surface area (Å²) in [6, 6.07) is 0. The number of carbonyl (C=O) groups is 2. The zero-order valence-corrected chi connectivity index (χ0v) is 39.3. The molecule has 1 unspecified atom stereocenters. The predicted octanol–water partition coefficient (Wildman–Crippen LogP) is 2.31. The van der Waals surface area contributed by atoms with Gasteiger partial charge in [0.2, 0.25) is 0 Å². The van der Waals surface area contributed by atoms with Gasteiger partial charge in [0.25, 0.3) is 0 Å². The van der Waals surface area contributed by atoms with Crippen LogP contribution in [0, 0.1) is 17.8 Å². The van der Waals surface area contributed by atoms with Gasteiger partial charge in [0.15, 0.2) is 12.1 Å². The van der Waals surface area contributed by atoms with Gasteiger partial charge >= 0.3 is 11.9 Å². The first-order valence-corrected chi connectivity index (χ1v) is 24.6. The van der Waals surface area contributed by atoms with Crippen LogP contribution in [-0.2, 0) is 28.5 Å². The third kappa shape index (κ3) is 19.7. The van der Waals surface area contributed by atoms with E-state index in [0.29, 0.717) is 12.8 Å². The van der Waals surface area contributed by atoms with Crippen molar-refractivity contribution in [3.63, 3.8) is 0 Å².